The molecule has 0 aliphatic carbocycles. The van der Waals surface area contributed by atoms with Crippen molar-refractivity contribution in [2.45, 2.75) is 46.8 Å². The van der Waals surface area contributed by atoms with Crippen molar-refractivity contribution < 1.29 is 4.79 Å². The summed E-state index contributed by atoms with van der Waals surface area (Å²) in [6.07, 6.45) is 0. The van der Waals surface area contributed by atoms with Gasteiger partial charge < -0.3 is 21.3 Å². The van der Waals surface area contributed by atoms with E-state index in [2.05, 4.69) is 38.3 Å². The summed E-state index contributed by atoms with van der Waals surface area (Å²) >= 11 is 0. The van der Waals surface area contributed by atoms with Gasteiger partial charge >= 0.3 is 6.03 Å². The van der Waals surface area contributed by atoms with Crippen LogP contribution < -0.4 is 21.3 Å². The number of aryl methyl sites for hydroxylation is 2. The molecule has 0 saturated carbocycles. The first-order chi connectivity index (χ1) is 13.3. The van der Waals surface area contributed by atoms with Crippen LogP contribution in [0.5, 0.6) is 0 Å². The quantitative estimate of drug-likeness (QED) is 0.454. The molecule has 0 saturated heterocycles. The number of amides is 2. The van der Waals surface area contributed by atoms with Crippen LogP contribution in [0.4, 0.5) is 10.5 Å². The van der Waals surface area contributed by atoms with Crippen molar-refractivity contribution in [1.29, 1.82) is 0 Å². The number of carbonyl (C=O) groups is 1. The van der Waals surface area contributed by atoms with E-state index in [0.29, 0.717) is 13.1 Å². The summed E-state index contributed by atoms with van der Waals surface area (Å²) in [6.45, 7) is 9.21. The van der Waals surface area contributed by atoms with Gasteiger partial charge in [0.25, 0.3) is 0 Å². The molecule has 8 heteroatoms. The van der Waals surface area contributed by atoms with Gasteiger partial charge in [-0.3, -0.25) is 9.67 Å². The highest BCUT2D eigenvalue weighted by molar-refractivity contribution is 5.89. The third-order valence-corrected chi connectivity index (χ3v) is 4.41. The Balaban J connectivity index is 1.85. The Bertz CT molecular complexity index is 822. The summed E-state index contributed by atoms with van der Waals surface area (Å²) in [5.41, 5.74) is 5.19. The number of nitrogens with zero attached hydrogens (tertiary/aromatic N) is 3. The number of anilines is 1. The van der Waals surface area contributed by atoms with E-state index in [9.17, 15) is 4.79 Å². The van der Waals surface area contributed by atoms with Gasteiger partial charge in [0.1, 0.15) is 0 Å². The molecule has 1 heterocycles. The Morgan fingerprint density at radius 3 is 2.32 bits per heavy atom. The largest absolute Gasteiger partial charge is 0.352 e. The third kappa shape index (κ3) is 6.00. The summed E-state index contributed by atoms with van der Waals surface area (Å²) in [5.74, 6) is 0.723. The highest BCUT2D eigenvalue weighted by Crippen LogP contribution is 2.11. The molecule has 0 atom stereocenters. The van der Waals surface area contributed by atoms with Gasteiger partial charge in [-0.15, -0.1) is 0 Å². The number of guanidine groups is 1. The fourth-order valence-electron chi connectivity index (χ4n) is 2.79. The first kappa shape index (κ1) is 21.3. The zero-order valence-electron chi connectivity index (χ0n) is 17.6. The minimum Gasteiger partial charge on any atom is -0.352 e. The molecule has 28 heavy (non-hydrogen) atoms. The van der Waals surface area contributed by atoms with E-state index in [-0.39, 0.29) is 12.1 Å². The van der Waals surface area contributed by atoms with Gasteiger partial charge in [0.05, 0.1) is 5.69 Å². The van der Waals surface area contributed by atoms with E-state index < -0.39 is 0 Å². The Kier molecular flexibility index (Phi) is 7.43. The van der Waals surface area contributed by atoms with E-state index in [1.54, 1.807) is 7.05 Å². The molecule has 0 radical (unpaired) electrons. The molecular weight excluding hydrogens is 354 g/mol. The van der Waals surface area contributed by atoms with E-state index in [4.69, 9.17) is 0 Å². The van der Waals surface area contributed by atoms with Gasteiger partial charge in [0, 0.05) is 50.2 Å². The number of rotatable bonds is 6. The Morgan fingerprint density at radius 1 is 1.14 bits per heavy atom. The van der Waals surface area contributed by atoms with Crippen molar-refractivity contribution in [3.8, 4) is 0 Å². The fourth-order valence-corrected chi connectivity index (χ4v) is 2.79. The standard InChI is InChI=1S/C20H31N7O/c1-13(2)24-20(28)25-17-9-7-16(8-10-17)11-22-19(21-5)23-12-18-14(3)26-27(6)15(18)4/h7-10,13H,11-12H2,1-6H3,(H2,21,22,23)(H2,24,25,28). The smallest absolute Gasteiger partial charge is 0.319 e. The predicted octanol–water partition coefficient (Wildman–Crippen LogP) is 2.43. The van der Waals surface area contributed by atoms with E-state index >= 15 is 0 Å². The van der Waals surface area contributed by atoms with Crippen molar-refractivity contribution >= 4 is 17.7 Å². The predicted molar refractivity (Wildman–Crippen MR) is 113 cm³/mol. The highest BCUT2D eigenvalue weighted by Gasteiger charge is 2.10. The van der Waals surface area contributed by atoms with Crippen LogP contribution >= 0.6 is 0 Å². The molecule has 1 aromatic carbocycles. The molecule has 4 N–H and O–H groups in total. The van der Waals surface area contributed by atoms with Crippen molar-refractivity contribution in [2.75, 3.05) is 12.4 Å². The Labute approximate surface area is 166 Å². The Hall–Kier alpha value is -3.03. The van der Waals surface area contributed by atoms with Crippen molar-refractivity contribution in [3.05, 3.63) is 46.8 Å². The first-order valence-electron chi connectivity index (χ1n) is 9.40. The summed E-state index contributed by atoms with van der Waals surface area (Å²) < 4.78 is 1.89. The van der Waals surface area contributed by atoms with Crippen LogP contribution in [0.1, 0.15) is 36.4 Å². The normalized spacial score (nSPS) is 11.5. The molecule has 1 aromatic heterocycles. The fraction of sp³-hybridized carbons (Fsp3) is 0.450. The van der Waals surface area contributed by atoms with Crippen LogP contribution in [-0.4, -0.2) is 34.9 Å². The monoisotopic (exact) mass is 385 g/mol. The van der Waals surface area contributed by atoms with Crippen LogP contribution in [0.2, 0.25) is 0 Å². The van der Waals surface area contributed by atoms with E-state index in [1.807, 2.05) is 56.8 Å². The highest BCUT2D eigenvalue weighted by atomic mass is 16.2. The SMILES string of the molecule is CN=C(NCc1ccc(NC(=O)NC(C)C)cc1)NCc1c(C)nn(C)c1C. The molecule has 2 amide bonds. The summed E-state index contributed by atoms with van der Waals surface area (Å²) in [5, 5.41) is 16.7. The maximum absolute atomic E-state index is 11.7. The average Bonchev–Trinajstić information content (AvgIpc) is 2.88. The van der Waals surface area contributed by atoms with E-state index in [1.165, 1.54) is 5.56 Å². The van der Waals surface area contributed by atoms with Gasteiger partial charge in [-0.1, -0.05) is 12.1 Å². The number of nitrogens with one attached hydrogen (secondary N) is 4. The lowest BCUT2D eigenvalue weighted by Gasteiger charge is -2.13. The topological polar surface area (TPSA) is 95.4 Å². The molecule has 0 spiro atoms. The van der Waals surface area contributed by atoms with Crippen molar-refractivity contribution in [2.24, 2.45) is 12.0 Å². The molecular formula is C20H31N7O. The number of hydrogen-bond acceptors (Lipinski definition) is 3. The minimum atomic E-state index is -0.202. The van der Waals surface area contributed by atoms with E-state index in [0.717, 1.165) is 28.6 Å². The average molecular weight is 386 g/mol. The lowest BCUT2D eigenvalue weighted by Crippen LogP contribution is -2.36. The van der Waals surface area contributed by atoms with Crippen molar-refractivity contribution in [1.82, 2.24) is 25.7 Å². The molecule has 2 aromatic rings. The molecule has 0 aliphatic heterocycles. The number of carbonyl (C=O) groups excluding carboxylic acids is 1. The number of aromatic nitrogens is 2. The van der Waals surface area contributed by atoms with Gasteiger partial charge in [-0.2, -0.15) is 5.10 Å². The second kappa shape index (κ2) is 9.77. The number of urea groups is 1. The maximum Gasteiger partial charge on any atom is 0.319 e. The molecule has 2 rings (SSSR count). The van der Waals surface area contributed by atoms with Gasteiger partial charge in [-0.25, -0.2) is 4.79 Å². The van der Waals surface area contributed by atoms with Crippen LogP contribution in [0.3, 0.4) is 0 Å². The van der Waals surface area contributed by atoms with Gasteiger partial charge in [-0.05, 0) is 45.4 Å². The van der Waals surface area contributed by atoms with Crippen LogP contribution in [0, 0.1) is 13.8 Å². The van der Waals surface area contributed by atoms with Crippen molar-refractivity contribution in [3.63, 3.8) is 0 Å². The van der Waals surface area contributed by atoms with Crippen LogP contribution in [0.15, 0.2) is 29.3 Å². The minimum absolute atomic E-state index is 0.0990. The Morgan fingerprint density at radius 2 is 1.79 bits per heavy atom. The summed E-state index contributed by atoms with van der Waals surface area (Å²) in [7, 11) is 3.70. The zero-order valence-corrected chi connectivity index (χ0v) is 17.6. The zero-order chi connectivity index (χ0) is 20.7. The summed E-state index contributed by atoms with van der Waals surface area (Å²) in [6, 6.07) is 7.61. The number of aliphatic imine (C=N–C) groups is 1. The lowest BCUT2D eigenvalue weighted by molar-refractivity contribution is 0.250. The first-order valence-corrected chi connectivity index (χ1v) is 9.40. The van der Waals surface area contributed by atoms with Crippen LogP contribution in [0.25, 0.3) is 0 Å². The second-order valence-corrected chi connectivity index (χ2v) is 7.00. The molecule has 0 bridgehead atoms. The molecule has 0 unspecified atom stereocenters. The second-order valence-electron chi connectivity index (χ2n) is 7.00. The molecule has 0 aliphatic rings. The summed E-state index contributed by atoms with van der Waals surface area (Å²) in [4.78, 5) is 16.0. The van der Waals surface area contributed by atoms with Gasteiger partial charge in [0.15, 0.2) is 5.96 Å². The lowest BCUT2D eigenvalue weighted by atomic mass is 10.2. The molecule has 8 nitrogen and oxygen atoms in total. The number of hydrogen-bond donors (Lipinski definition) is 4. The molecule has 152 valence electrons. The number of benzene rings is 1. The third-order valence-electron chi connectivity index (χ3n) is 4.41. The van der Waals surface area contributed by atoms with Gasteiger partial charge in [0.2, 0.25) is 0 Å². The maximum atomic E-state index is 11.7. The molecule has 0 fully saturated rings. The van der Waals surface area contributed by atoms with Crippen LogP contribution in [-0.2, 0) is 20.1 Å².